The number of benzene rings is 3. The number of aromatic hydroxyl groups is 2. The molecule has 0 amide bonds. The van der Waals surface area contributed by atoms with Crippen molar-refractivity contribution in [1.29, 1.82) is 0 Å². The van der Waals surface area contributed by atoms with Crippen LogP contribution in [0.2, 0.25) is 0 Å². The molecule has 1 atom stereocenters. The van der Waals surface area contributed by atoms with Crippen molar-refractivity contribution in [3.8, 4) is 11.5 Å². The van der Waals surface area contributed by atoms with E-state index in [2.05, 4.69) is 0 Å². The molecule has 3 rings (SSSR count). The van der Waals surface area contributed by atoms with Crippen molar-refractivity contribution in [1.82, 2.24) is 0 Å². The number of rotatable bonds is 11. The number of phenolic OH excluding ortho intramolecular Hbond substituents is 2. The molecule has 0 saturated carbocycles. The maximum Gasteiger partial charge on any atom is 0.342 e. The first kappa shape index (κ1) is 23.6. The lowest BCUT2D eigenvalue weighted by Crippen LogP contribution is -2.38. The number of fused-ring (bicyclic) bond motifs is 1. The molecular weight excluding hydrogens is 404 g/mol. The maximum atomic E-state index is 12.9. The second-order valence-electron chi connectivity index (χ2n) is 8.08. The van der Waals surface area contributed by atoms with Gasteiger partial charge in [0.15, 0.2) is 17.1 Å². The smallest absolute Gasteiger partial charge is 0.342 e. The minimum Gasteiger partial charge on any atom is -0.504 e. The van der Waals surface area contributed by atoms with Crippen molar-refractivity contribution in [3.05, 3.63) is 71.8 Å². The third-order valence-corrected chi connectivity index (χ3v) is 5.80. The van der Waals surface area contributed by atoms with Gasteiger partial charge in [-0.25, -0.2) is 4.79 Å². The second-order valence-corrected chi connectivity index (χ2v) is 8.08. The zero-order chi connectivity index (χ0) is 23.0. The fourth-order valence-corrected chi connectivity index (χ4v) is 3.98. The first-order valence-corrected chi connectivity index (χ1v) is 11.3. The number of phenols is 2. The van der Waals surface area contributed by atoms with Crippen molar-refractivity contribution >= 4 is 16.7 Å². The average Bonchev–Trinajstić information content (AvgIpc) is 2.80. The SMILES string of the molecule is CCOC(=O)[C@@](C)(OCCCCCCc1cccc(O)c1O)c1cccc2ccccc12. The van der Waals surface area contributed by atoms with Crippen LogP contribution in [0.15, 0.2) is 60.7 Å². The van der Waals surface area contributed by atoms with E-state index in [1.165, 1.54) is 6.07 Å². The van der Waals surface area contributed by atoms with Crippen LogP contribution >= 0.6 is 0 Å². The van der Waals surface area contributed by atoms with Gasteiger partial charge in [0, 0.05) is 12.2 Å². The molecular formula is C27H32O5. The van der Waals surface area contributed by atoms with E-state index in [0.29, 0.717) is 19.6 Å². The van der Waals surface area contributed by atoms with Crippen LogP contribution in [0.4, 0.5) is 0 Å². The van der Waals surface area contributed by atoms with Gasteiger partial charge in [-0.15, -0.1) is 0 Å². The summed E-state index contributed by atoms with van der Waals surface area (Å²) in [6.45, 7) is 4.32. The Morgan fingerprint density at radius 3 is 2.44 bits per heavy atom. The Morgan fingerprint density at radius 2 is 1.62 bits per heavy atom. The number of unbranched alkanes of at least 4 members (excludes halogenated alkanes) is 3. The summed E-state index contributed by atoms with van der Waals surface area (Å²) in [4.78, 5) is 12.9. The number of ether oxygens (including phenoxy) is 2. The standard InChI is InChI=1S/C27H32O5/c1-3-31-26(30)27(2,23-17-10-14-20-12-7-8-16-22(20)23)32-19-9-5-4-6-13-21-15-11-18-24(28)25(21)29/h7-8,10-12,14-18,28-29H,3-6,9,13,19H2,1-2H3/t27-/m0/s1. The molecule has 0 aromatic heterocycles. The largest absolute Gasteiger partial charge is 0.504 e. The molecule has 2 N–H and O–H groups in total. The highest BCUT2D eigenvalue weighted by molar-refractivity contribution is 5.92. The normalized spacial score (nSPS) is 13.1. The lowest BCUT2D eigenvalue weighted by Gasteiger charge is -2.29. The van der Waals surface area contributed by atoms with Crippen molar-refractivity contribution < 1.29 is 24.5 Å². The molecule has 0 spiro atoms. The van der Waals surface area contributed by atoms with Crippen molar-refractivity contribution in [2.24, 2.45) is 0 Å². The quantitative estimate of drug-likeness (QED) is 0.224. The Hall–Kier alpha value is -3.05. The Kier molecular flexibility index (Phi) is 8.12. The minimum atomic E-state index is -1.18. The lowest BCUT2D eigenvalue weighted by molar-refractivity contribution is -0.171. The summed E-state index contributed by atoms with van der Waals surface area (Å²) >= 11 is 0. The van der Waals surface area contributed by atoms with Gasteiger partial charge in [-0.3, -0.25) is 0 Å². The van der Waals surface area contributed by atoms with Crippen LogP contribution < -0.4 is 0 Å². The zero-order valence-corrected chi connectivity index (χ0v) is 18.8. The van der Waals surface area contributed by atoms with Gasteiger partial charge < -0.3 is 19.7 Å². The highest BCUT2D eigenvalue weighted by Gasteiger charge is 2.39. The first-order valence-electron chi connectivity index (χ1n) is 11.3. The molecule has 0 bridgehead atoms. The van der Waals surface area contributed by atoms with Crippen LogP contribution in [0.3, 0.4) is 0 Å². The summed E-state index contributed by atoms with van der Waals surface area (Å²) in [6.07, 6.45) is 4.32. The second kappa shape index (κ2) is 11.0. The Bertz CT molecular complexity index is 1040. The predicted octanol–water partition coefficient (Wildman–Crippen LogP) is 5.85. The monoisotopic (exact) mass is 436 g/mol. The zero-order valence-electron chi connectivity index (χ0n) is 18.8. The van der Waals surface area contributed by atoms with Crippen molar-refractivity contribution in [2.75, 3.05) is 13.2 Å². The molecule has 0 unspecified atom stereocenters. The summed E-state index contributed by atoms with van der Waals surface area (Å²) in [5.41, 5.74) is 0.394. The van der Waals surface area contributed by atoms with Crippen LogP contribution in [-0.4, -0.2) is 29.4 Å². The molecule has 0 aliphatic heterocycles. The van der Waals surface area contributed by atoms with Gasteiger partial charge in [0.05, 0.1) is 6.61 Å². The topological polar surface area (TPSA) is 76.0 Å². The Morgan fingerprint density at radius 1 is 0.906 bits per heavy atom. The first-order chi connectivity index (χ1) is 15.5. The van der Waals surface area contributed by atoms with Gasteiger partial charge in [0.1, 0.15) is 0 Å². The number of esters is 1. The van der Waals surface area contributed by atoms with Crippen LogP contribution in [0.25, 0.3) is 10.8 Å². The van der Waals surface area contributed by atoms with Gasteiger partial charge in [0.2, 0.25) is 0 Å². The van der Waals surface area contributed by atoms with Crippen molar-refractivity contribution in [2.45, 2.75) is 51.6 Å². The van der Waals surface area contributed by atoms with E-state index >= 15 is 0 Å². The molecule has 3 aromatic rings. The molecule has 5 heteroatoms. The van der Waals surface area contributed by atoms with Crippen LogP contribution in [0.1, 0.15) is 50.7 Å². The van der Waals surface area contributed by atoms with Crippen LogP contribution in [0.5, 0.6) is 11.5 Å². The molecule has 32 heavy (non-hydrogen) atoms. The molecule has 0 aliphatic rings. The number of para-hydroxylation sites is 1. The lowest BCUT2D eigenvalue weighted by atomic mass is 9.90. The summed E-state index contributed by atoms with van der Waals surface area (Å²) in [7, 11) is 0. The molecule has 0 heterocycles. The molecule has 0 fully saturated rings. The molecule has 5 nitrogen and oxygen atoms in total. The fraction of sp³-hybridized carbons (Fsp3) is 0.370. The van der Waals surface area contributed by atoms with E-state index < -0.39 is 5.60 Å². The highest BCUT2D eigenvalue weighted by Crippen LogP contribution is 2.34. The molecule has 0 aliphatic carbocycles. The number of hydrogen-bond donors (Lipinski definition) is 2. The van der Waals surface area contributed by atoms with E-state index in [1.807, 2.05) is 48.5 Å². The molecule has 170 valence electrons. The number of aryl methyl sites for hydroxylation is 1. The van der Waals surface area contributed by atoms with Crippen molar-refractivity contribution in [3.63, 3.8) is 0 Å². The predicted molar refractivity (Wildman–Crippen MR) is 126 cm³/mol. The number of hydrogen-bond acceptors (Lipinski definition) is 5. The molecule has 0 saturated heterocycles. The highest BCUT2D eigenvalue weighted by atomic mass is 16.6. The number of carbonyl (C=O) groups is 1. The summed E-state index contributed by atoms with van der Waals surface area (Å²) in [5.74, 6) is -0.491. The van der Waals surface area contributed by atoms with Gasteiger partial charge in [-0.2, -0.15) is 0 Å². The summed E-state index contributed by atoms with van der Waals surface area (Å²) in [6, 6.07) is 18.9. The van der Waals surface area contributed by atoms with E-state index in [4.69, 9.17) is 9.47 Å². The van der Waals surface area contributed by atoms with Gasteiger partial charge >= 0.3 is 5.97 Å². The summed E-state index contributed by atoms with van der Waals surface area (Å²) in [5, 5.41) is 21.5. The average molecular weight is 437 g/mol. The molecule has 3 aromatic carbocycles. The van der Waals surface area contributed by atoms with Gasteiger partial charge in [-0.1, -0.05) is 67.4 Å². The van der Waals surface area contributed by atoms with E-state index in [1.54, 1.807) is 19.9 Å². The number of carbonyl (C=O) groups excluding carboxylic acids is 1. The van der Waals surface area contributed by atoms with E-state index in [9.17, 15) is 15.0 Å². The molecule has 0 radical (unpaired) electrons. The van der Waals surface area contributed by atoms with E-state index in [-0.39, 0.29) is 17.5 Å². The Labute approximate surface area is 189 Å². The maximum absolute atomic E-state index is 12.9. The third kappa shape index (κ3) is 5.40. The Balaban J connectivity index is 1.58. The minimum absolute atomic E-state index is 0.0314. The van der Waals surface area contributed by atoms with Gasteiger partial charge in [0.25, 0.3) is 0 Å². The van der Waals surface area contributed by atoms with Crippen LogP contribution in [-0.2, 0) is 26.3 Å². The summed E-state index contributed by atoms with van der Waals surface area (Å²) < 4.78 is 11.6. The fourth-order valence-electron chi connectivity index (χ4n) is 3.98. The van der Waals surface area contributed by atoms with Crippen LogP contribution in [0, 0.1) is 0 Å². The third-order valence-electron chi connectivity index (χ3n) is 5.80. The van der Waals surface area contributed by atoms with Gasteiger partial charge in [-0.05, 0) is 55.5 Å². The van der Waals surface area contributed by atoms with E-state index in [0.717, 1.165) is 47.6 Å².